The summed E-state index contributed by atoms with van der Waals surface area (Å²) >= 11 is 0. The molecule has 0 fully saturated rings. The van der Waals surface area contributed by atoms with Crippen LogP contribution in [0.25, 0.3) is 99.9 Å². The van der Waals surface area contributed by atoms with E-state index in [2.05, 4.69) is 127 Å². The first-order valence-electron chi connectivity index (χ1n) is 17.1. The van der Waals surface area contributed by atoms with Crippen LogP contribution >= 0.6 is 0 Å². The fraction of sp³-hybridized carbons (Fsp3) is 0. The van der Waals surface area contributed by atoms with E-state index in [1.54, 1.807) is 0 Å². The second-order valence-corrected chi connectivity index (χ2v) is 12.8. The van der Waals surface area contributed by atoms with E-state index in [0.717, 1.165) is 55.3 Å². The van der Waals surface area contributed by atoms with Crippen molar-refractivity contribution in [3.05, 3.63) is 176 Å². The molecule has 0 aliphatic carbocycles. The number of furan rings is 1. The molecule has 238 valence electrons. The van der Waals surface area contributed by atoms with E-state index in [0.29, 0.717) is 17.5 Å². The van der Waals surface area contributed by atoms with Crippen molar-refractivity contribution in [2.45, 2.75) is 0 Å². The zero-order valence-corrected chi connectivity index (χ0v) is 27.5. The van der Waals surface area contributed by atoms with Gasteiger partial charge in [0.1, 0.15) is 11.2 Å². The fourth-order valence-electron chi connectivity index (χ4n) is 7.16. The number of nitrogens with zero attached hydrogens (tertiary/aromatic N) is 3. The van der Waals surface area contributed by atoms with Gasteiger partial charge in [-0.1, -0.05) is 152 Å². The molecule has 10 rings (SSSR count). The van der Waals surface area contributed by atoms with Crippen LogP contribution in [-0.4, -0.2) is 15.0 Å². The molecular formula is C47H29N3O. The van der Waals surface area contributed by atoms with Gasteiger partial charge in [0.15, 0.2) is 17.5 Å². The van der Waals surface area contributed by atoms with Crippen molar-refractivity contribution in [2.75, 3.05) is 0 Å². The van der Waals surface area contributed by atoms with Crippen LogP contribution in [0, 0.1) is 0 Å². The van der Waals surface area contributed by atoms with Crippen LogP contribution < -0.4 is 0 Å². The molecule has 0 N–H and O–H groups in total. The van der Waals surface area contributed by atoms with Crippen molar-refractivity contribution in [3.8, 4) is 56.4 Å². The lowest BCUT2D eigenvalue weighted by atomic mass is 9.93. The summed E-state index contributed by atoms with van der Waals surface area (Å²) < 4.78 is 6.05. The lowest BCUT2D eigenvalue weighted by molar-refractivity contribution is 0.669. The summed E-state index contributed by atoms with van der Waals surface area (Å²) in [6, 6.07) is 61.2. The number of para-hydroxylation sites is 1. The molecule has 0 aliphatic heterocycles. The molecule has 2 heterocycles. The van der Waals surface area contributed by atoms with Gasteiger partial charge in [0.2, 0.25) is 0 Å². The van der Waals surface area contributed by atoms with Gasteiger partial charge in [-0.3, -0.25) is 0 Å². The summed E-state index contributed by atoms with van der Waals surface area (Å²) in [7, 11) is 0. The van der Waals surface area contributed by atoms with Crippen molar-refractivity contribution in [2.24, 2.45) is 0 Å². The van der Waals surface area contributed by atoms with Crippen molar-refractivity contribution in [3.63, 3.8) is 0 Å². The smallest absolute Gasteiger partial charge is 0.164 e. The highest BCUT2D eigenvalue weighted by Crippen LogP contribution is 2.37. The Hall–Kier alpha value is -6.91. The van der Waals surface area contributed by atoms with Crippen LogP contribution in [0.5, 0.6) is 0 Å². The van der Waals surface area contributed by atoms with Gasteiger partial charge in [0.25, 0.3) is 0 Å². The summed E-state index contributed by atoms with van der Waals surface area (Å²) in [5.74, 6) is 1.91. The second kappa shape index (κ2) is 11.9. The number of aromatic nitrogens is 3. The number of hydrogen-bond acceptors (Lipinski definition) is 4. The van der Waals surface area contributed by atoms with Gasteiger partial charge < -0.3 is 4.42 Å². The predicted octanol–water partition coefficient (Wildman–Crippen LogP) is 12.4. The minimum atomic E-state index is 0.631. The van der Waals surface area contributed by atoms with Gasteiger partial charge in [0, 0.05) is 27.5 Å². The molecule has 0 atom stereocenters. The van der Waals surface area contributed by atoms with Crippen LogP contribution in [-0.2, 0) is 0 Å². The van der Waals surface area contributed by atoms with Crippen LogP contribution in [0.1, 0.15) is 0 Å². The highest BCUT2D eigenvalue weighted by Gasteiger charge is 2.15. The van der Waals surface area contributed by atoms with Gasteiger partial charge in [0.05, 0.1) is 0 Å². The SMILES string of the molecule is c1ccc(-c2nc(-c3ccc(-c4ccc5oc6ccccc6c5c4)cc3)nc(-c3ccc(-c4cc5ccccc5c5ccccc45)cc3)n2)cc1. The minimum Gasteiger partial charge on any atom is -0.456 e. The van der Waals surface area contributed by atoms with Crippen LogP contribution in [0.2, 0.25) is 0 Å². The lowest BCUT2D eigenvalue weighted by Gasteiger charge is -2.12. The van der Waals surface area contributed by atoms with Gasteiger partial charge in [-0.25, -0.2) is 15.0 Å². The Morgan fingerprint density at radius 1 is 0.294 bits per heavy atom. The maximum absolute atomic E-state index is 6.05. The lowest BCUT2D eigenvalue weighted by Crippen LogP contribution is -2.00. The van der Waals surface area contributed by atoms with E-state index in [1.807, 2.05) is 48.5 Å². The Bertz CT molecular complexity index is 2890. The van der Waals surface area contributed by atoms with Gasteiger partial charge in [-0.05, 0) is 68.1 Å². The maximum atomic E-state index is 6.05. The summed E-state index contributed by atoms with van der Waals surface area (Å²) in [6.07, 6.45) is 0. The first-order valence-corrected chi connectivity index (χ1v) is 17.1. The van der Waals surface area contributed by atoms with E-state index in [9.17, 15) is 0 Å². The fourth-order valence-corrected chi connectivity index (χ4v) is 7.16. The third-order valence-electron chi connectivity index (χ3n) is 9.74. The molecule has 4 nitrogen and oxygen atoms in total. The van der Waals surface area contributed by atoms with Gasteiger partial charge >= 0.3 is 0 Å². The minimum absolute atomic E-state index is 0.631. The Labute approximate surface area is 294 Å². The zero-order valence-electron chi connectivity index (χ0n) is 27.5. The summed E-state index contributed by atoms with van der Waals surface area (Å²) in [4.78, 5) is 15.0. The summed E-state index contributed by atoms with van der Waals surface area (Å²) in [5.41, 5.74) is 9.18. The maximum Gasteiger partial charge on any atom is 0.164 e. The number of benzene rings is 8. The molecular weight excluding hydrogens is 623 g/mol. The molecule has 0 unspecified atom stereocenters. The largest absolute Gasteiger partial charge is 0.456 e. The Morgan fingerprint density at radius 2 is 0.784 bits per heavy atom. The molecule has 8 aromatic carbocycles. The normalized spacial score (nSPS) is 11.5. The molecule has 4 heteroatoms. The van der Waals surface area contributed by atoms with Gasteiger partial charge in [-0.15, -0.1) is 0 Å². The zero-order chi connectivity index (χ0) is 33.7. The Balaban J connectivity index is 1.04. The standard InChI is InChI=1S/C47H29N3O/c1-2-10-32(11-3-1)45-48-46(33-22-18-30(19-23-33)35-26-27-44-42(28-35)40-16-8-9-17-43(40)51-44)50-47(49-45)34-24-20-31(21-25-34)41-29-36-12-4-5-13-37(36)38-14-6-7-15-39(38)41/h1-29H. The third-order valence-corrected chi connectivity index (χ3v) is 9.74. The molecule has 51 heavy (non-hydrogen) atoms. The quantitative estimate of drug-likeness (QED) is 0.174. The number of rotatable bonds is 5. The van der Waals surface area contributed by atoms with Crippen molar-refractivity contribution in [1.82, 2.24) is 15.0 Å². The second-order valence-electron chi connectivity index (χ2n) is 12.8. The van der Waals surface area contributed by atoms with E-state index in [4.69, 9.17) is 19.4 Å². The molecule has 0 bridgehead atoms. The van der Waals surface area contributed by atoms with Crippen molar-refractivity contribution >= 4 is 43.5 Å². The molecule has 0 saturated heterocycles. The average molecular weight is 652 g/mol. The first-order chi connectivity index (χ1) is 25.2. The van der Waals surface area contributed by atoms with E-state index in [1.165, 1.54) is 27.1 Å². The highest BCUT2D eigenvalue weighted by atomic mass is 16.3. The molecule has 0 spiro atoms. The van der Waals surface area contributed by atoms with Crippen LogP contribution in [0.4, 0.5) is 0 Å². The van der Waals surface area contributed by atoms with Crippen LogP contribution in [0.3, 0.4) is 0 Å². The molecule has 0 aliphatic rings. The molecule has 0 amide bonds. The predicted molar refractivity (Wildman–Crippen MR) is 209 cm³/mol. The van der Waals surface area contributed by atoms with Crippen molar-refractivity contribution in [1.29, 1.82) is 0 Å². The van der Waals surface area contributed by atoms with Crippen LogP contribution in [0.15, 0.2) is 180 Å². The molecule has 2 aromatic heterocycles. The number of hydrogen-bond donors (Lipinski definition) is 0. The average Bonchev–Trinajstić information content (AvgIpc) is 3.59. The number of fused-ring (bicyclic) bond motifs is 6. The highest BCUT2D eigenvalue weighted by molar-refractivity contribution is 6.13. The van der Waals surface area contributed by atoms with E-state index >= 15 is 0 Å². The Kier molecular flexibility index (Phi) is 6.78. The Morgan fingerprint density at radius 3 is 1.49 bits per heavy atom. The monoisotopic (exact) mass is 651 g/mol. The van der Waals surface area contributed by atoms with Crippen molar-refractivity contribution < 1.29 is 4.42 Å². The van der Waals surface area contributed by atoms with Gasteiger partial charge in [-0.2, -0.15) is 0 Å². The molecule has 10 aromatic rings. The van der Waals surface area contributed by atoms with E-state index < -0.39 is 0 Å². The molecule has 0 saturated carbocycles. The first kappa shape index (κ1) is 29.0. The summed E-state index contributed by atoms with van der Waals surface area (Å²) in [6.45, 7) is 0. The summed E-state index contributed by atoms with van der Waals surface area (Å²) in [5, 5.41) is 7.22. The topological polar surface area (TPSA) is 51.8 Å². The third kappa shape index (κ3) is 5.13. The van der Waals surface area contributed by atoms with E-state index in [-0.39, 0.29) is 0 Å². The molecule has 0 radical (unpaired) electrons.